The van der Waals surface area contributed by atoms with Crippen LogP contribution in [0.15, 0.2) is 33.9 Å². The number of likely N-dealkylation sites (tertiary alicyclic amines) is 1. The third-order valence-electron chi connectivity index (χ3n) is 6.44. The molecular formula is C21H27N3O4. The van der Waals surface area contributed by atoms with Crippen LogP contribution in [0.3, 0.4) is 0 Å². The standard InChI is InChI=1S/C21H27N3O4/c25-18(23-13-11-21(28)10-4-3-6-15(21)14-23)9-5-12-24-19(26)16-7-1-2-8-17(16)22-20(24)27/h1-2,7-8,15,28H,3-6,9-14H2,(H,22,27)/t15-,21-/m0/s1. The van der Waals surface area contributed by atoms with Crippen LogP contribution in [-0.2, 0) is 11.3 Å². The summed E-state index contributed by atoms with van der Waals surface area (Å²) in [5, 5.41) is 11.2. The first-order valence-corrected chi connectivity index (χ1v) is 10.2. The normalized spacial score (nSPS) is 24.9. The molecule has 0 spiro atoms. The fourth-order valence-electron chi connectivity index (χ4n) is 4.75. The lowest BCUT2D eigenvalue weighted by atomic mass is 9.71. The van der Waals surface area contributed by atoms with Crippen molar-refractivity contribution in [3.8, 4) is 0 Å². The zero-order chi connectivity index (χ0) is 19.7. The number of nitrogens with one attached hydrogen (secondary N) is 1. The number of rotatable bonds is 4. The third-order valence-corrected chi connectivity index (χ3v) is 6.44. The van der Waals surface area contributed by atoms with E-state index in [0.29, 0.717) is 43.3 Å². The Balaban J connectivity index is 1.38. The van der Waals surface area contributed by atoms with Gasteiger partial charge in [0.05, 0.1) is 16.5 Å². The molecule has 0 unspecified atom stereocenters. The van der Waals surface area contributed by atoms with Crippen LogP contribution in [0.25, 0.3) is 10.9 Å². The van der Waals surface area contributed by atoms with Gasteiger partial charge in [0.1, 0.15) is 0 Å². The fraction of sp³-hybridized carbons (Fsp3) is 0.571. The molecule has 1 saturated carbocycles. The number of aromatic nitrogens is 2. The predicted molar refractivity (Wildman–Crippen MR) is 106 cm³/mol. The molecule has 2 fully saturated rings. The lowest BCUT2D eigenvalue weighted by Gasteiger charge is -2.47. The smallest absolute Gasteiger partial charge is 0.328 e. The molecule has 2 aromatic rings. The van der Waals surface area contributed by atoms with E-state index in [1.54, 1.807) is 24.3 Å². The Morgan fingerprint density at radius 3 is 2.89 bits per heavy atom. The van der Waals surface area contributed by atoms with Crippen LogP contribution in [0.1, 0.15) is 44.9 Å². The van der Waals surface area contributed by atoms with Crippen molar-refractivity contribution in [1.82, 2.24) is 14.5 Å². The van der Waals surface area contributed by atoms with Gasteiger partial charge in [0.25, 0.3) is 5.56 Å². The number of hydrogen-bond donors (Lipinski definition) is 2. The lowest BCUT2D eigenvalue weighted by Crippen LogP contribution is -2.54. The van der Waals surface area contributed by atoms with Gasteiger partial charge in [-0.05, 0) is 37.8 Å². The maximum Gasteiger partial charge on any atom is 0.328 e. The molecule has 2 heterocycles. The van der Waals surface area contributed by atoms with Crippen LogP contribution in [-0.4, -0.2) is 44.2 Å². The highest BCUT2D eigenvalue weighted by Crippen LogP contribution is 2.39. The van der Waals surface area contributed by atoms with Crippen LogP contribution < -0.4 is 11.2 Å². The number of fused-ring (bicyclic) bond motifs is 2. The minimum Gasteiger partial charge on any atom is -0.389 e. The molecule has 2 aliphatic rings. The van der Waals surface area contributed by atoms with Crippen LogP contribution in [0.5, 0.6) is 0 Å². The van der Waals surface area contributed by atoms with E-state index in [9.17, 15) is 19.5 Å². The molecule has 4 rings (SSSR count). The first-order chi connectivity index (χ1) is 13.5. The van der Waals surface area contributed by atoms with Gasteiger partial charge in [-0.15, -0.1) is 0 Å². The Labute approximate surface area is 163 Å². The molecule has 1 aliphatic carbocycles. The highest BCUT2D eigenvalue weighted by molar-refractivity contribution is 5.77. The average molecular weight is 385 g/mol. The number of piperidine rings is 1. The van der Waals surface area contributed by atoms with Crippen molar-refractivity contribution < 1.29 is 9.90 Å². The topological polar surface area (TPSA) is 95.4 Å². The van der Waals surface area contributed by atoms with Crippen molar-refractivity contribution >= 4 is 16.8 Å². The summed E-state index contributed by atoms with van der Waals surface area (Å²) in [6.45, 7) is 1.42. The van der Waals surface area contributed by atoms with Crippen molar-refractivity contribution in [3.63, 3.8) is 0 Å². The average Bonchev–Trinajstić information content (AvgIpc) is 2.69. The summed E-state index contributed by atoms with van der Waals surface area (Å²) in [5.74, 6) is 0.211. The quantitative estimate of drug-likeness (QED) is 0.836. The van der Waals surface area contributed by atoms with E-state index in [0.717, 1.165) is 25.7 Å². The number of carbonyl (C=O) groups is 1. The largest absolute Gasteiger partial charge is 0.389 e. The van der Waals surface area contributed by atoms with Gasteiger partial charge >= 0.3 is 5.69 Å². The van der Waals surface area contributed by atoms with Crippen LogP contribution in [0.4, 0.5) is 0 Å². The van der Waals surface area contributed by atoms with Crippen LogP contribution in [0, 0.1) is 5.92 Å². The summed E-state index contributed by atoms with van der Waals surface area (Å²) in [4.78, 5) is 41.9. The highest BCUT2D eigenvalue weighted by atomic mass is 16.3. The first-order valence-electron chi connectivity index (χ1n) is 10.2. The molecule has 150 valence electrons. The second-order valence-electron chi connectivity index (χ2n) is 8.17. The molecule has 1 saturated heterocycles. The summed E-state index contributed by atoms with van der Waals surface area (Å²) in [6, 6.07) is 6.93. The molecule has 1 aromatic carbocycles. The molecule has 1 aliphatic heterocycles. The molecule has 7 nitrogen and oxygen atoms in total. The summed E-state index contributed by atoms with van der Waals surface area (Å²) >= 11 is 0. The van der Waals surface area contributed by atoms with Gasteiger partial charge in [0.15, 0.2) is 0 Å². The molecule has 1 aromatic heterocycles. The maximum absolute atomic E-state index is 12.6. The Bertz CT molecular complexity index is 995. The van der Waals surface area contributed by atoms with Crippen LogP contribution >= 0.6 is 0 Å². The van der Waals surface area contributed by atoms with Crippen molar-refractivity contribution in [2.45, 2.75) is 57.1 Å². The van der Waals surface area contributed by atoms with Gasteiger partial charge in [-0.3, -0.25) is 14.2 Å². The van der Waals surface area contributed by atoms with Crippen molar-refractivity contribution in [3.05, 3.63) is 45.1 Å². The summed E-state index contributed by atoms with van der Waals surface area (Å²) in [6.07, 6.45) is 5.37. The molecule has 0 radical (unpaired) electrons. The van der Waals surface area contributed by atoms with E-state index >= 15 is 0 Å². The zero-order valence-electron chi connectivity index (χ0n) is 16.0. The SMILES string of the molecule is O=C(CCCn1c(=O)[nH]c2ccccc2c1=O)N1CC[C@@]2(O)CCCC[C@H]2C1. The van der Waals surface area contributed by atoms with Gasteiger partial charge < -0.3 is 15.0 Å². The molecule has 2 N–H and O–H groups in total. The predicted octanol–water partition coefficient (Wildman–Crippen LogP) is 1.62. The second kappa shape index (κ2) is 7.54. The van der Waals surface area contributed by atoms with Gasteiger partial charge in [-0.2, -0.15) is 0 Å². The number of para-hydroxylation sites is 1. The number of aliphatic hydroxyl groups is 1. The molecule has 2 atom stereocenters. The maximum atomic E-state index is 12.6. The molecule has 1 amide bonds. The molecule has 28 heavy (non-hydrogen) atoms. The Kier molecular flexibility index (Phi) is 5.10. The number of amides is 1. The number of benzene rings is 1. The fourth-order valence-corrected chi connectivity index (χ4v) is 4.75. The number of H-pyrrole nitrogens is 1. The van der Waals surface area contributed by atoms with E-state index < -0.39 is 11.3 Å². The second-order valence-corrected chi connectivity index (χ2v) is 8.17. The Hall–Kier alpha value is -2.41. The van der Waals surface area contributed by atoms with Crippen molar-refractivity contribution in [2.24, 2.45) is 5.92 Å². The Morgan fingerprint density at radius 1 is 1.21 bits per heavy atom. The van der Waals surface area contributed by atoms with Gasteiger partial charge in [0, 0.05) is 32.0 Å². The van der Waals surface area contributed by atoms with E-state index in [2.05, 4.69) is 4.98 Å². The summed E-state index contributed by atoms with van der Waals surface area (Å²) in [7, 11) is 0. The number of carbonyl (C=O) groups excluding carboxylic acids is 1. The van der Waals surface area contributed by atoms with Gasteiger partial charge in [-0.1, -0.05) is 25.0 Å². The lowest BCUT2D eigenvalue weighted by molar-refractivity contribution is -0.143. The molecular weight excluding hydrogens is 358 g/mol. The van der Waals surface area contributed by atoms with E-state index in [4.69, 9.17) is 0 Å². The van der Waals surface area contributed by atoms with E-state index in [1.165, 1.54) is 4.57 Å². The number of nitrogens with zero attached hydrogens (tertiary/aromatic N) is 2. The third kappa shape index (κ3) is 3.51. The zero-order valence-corrected chi connectivity index (χ0v) is 16.0. The summed E-state index contributed by atoms with van der Waals surface area (Å²) in [5.41, 5.74) is -0.836. The number of aromatic amines is 1. The molecule has 7 heteroatoms. The molecule has 0 bridgehead atoms. The minimum atomic E-state index is -0.596. The van der Waals surface area contributed by atoms with Crippen molar-refractivity contribution in [1.29, 1.82) is 0 Å². The van der Waals surface area contributed by atoms with Gasteiger partial charge in [0.2, 0.25) is 5.91 Å². The van der Waals surface area contributed by atoms with Crippen molar-refractivity contribution in [2.75, 3.05) is 13.1 Å². The monoisotopic (exact) mass is 385 g/mol. The highest BCUT2D eigenvalue weighted by Gasteiger charge is 2.43. The first kappa shape index (κ1) is 18.9. The van der Waals surface area contributed by atoms with E-state index in [1.807, 2.05) is 4.90 Å². The van der Waals surface area contributed by atoms with Gasteiger partial charge in [-0.25, -0.2) is 4.79 Å². The van der Waals surface area contributed by atoms with Crippen LogP contribution in [0.2, 0.25) is 0 Å². The minimum absolute atomic E-state index is 0.0397. The summed E-state index contributed by atoms with van der Waals surface area (Å²) < 4.78 is 1.17. The number of hydrogen-bond acceptors (Lipinski definition) is 4. The Morgan fingerprint density at radius 2 is 2.04 bits per heavy atom. The van der Waals surface area contributed by atoms with E-state index in [-0.39, 0.29) is 23.9 Å².